The fourth-order valence-corrected chi connectivity index (χ4v) is 2.06. The molecule has 0 spiro atoms. The van der Waals surface area contributed by atoms with Gasteiger partial charge in [-0.15, -0.1) is 0 Å². The molecule has 20 heavy (non-hydrogen) atoms. The van der Waals surface area contributed by atoms with E-state index in [1.165, 1.54) is 6.07 Å². The quantitative estimate of drug-likeness (QED) is 0.819. The van der Waals surface area contributed by atoms with Crippen molar-refractivity contribution in [1.82, 2.24) is 0 Å². The van der Waals surface area contributed by atoms with E-state index in [1.54, 1.807) is 12.1 Å². The molecule has 0 aliphatic rings. The minimum Gasteiger partial charge on any atom is -0.399 e. The van der Waals surface area contributed by atoms with Crippen LogP contribution in [0.1, 0.15) is 27.0 Å². The fourth-order valence-electron chi connectivity index (χ4n) is 2.06. The zero-order valence-electron chi connectivity index (χ0n) is 11.4. The third-order valence-electron chi connectivity index (χ3n) is 2.90. The van der Waals surface area contributed by atoms with Crippen LogP contribution in [0, 0.1) is 25.2 Å². The summed E-state index contributed by atoms with van der Waals surface area (Å²) < 4.78 is 0. The minimum atomic E-state index is -0.238. The van der Waals surface area contributed by atoms with Crippen LogP contribution in [0.4, 0.5) is 11.4 Å². The molecule has 2 aromatic rings. The Hall–Kier alpha value is -2.80. The van der Waals surface area contributed by atoms with Gasteiger partial charge in [0.05, 0.1) is 11.3 Å². The summed E-state index contributed by atoms with van der Waals surface area (Å²) in [4.78, 5) is 12.2. The number of nitrogen functional groups attached to an aromatic ring is 1. The molecule has 0 unspecified atom stereocenters. The van der Waals surface area contributed by atoms with Crippen molar-refractivity contribution < 1.29 is 4.79 Å². The van der Waals surface area contributed by atoms with Crippen molar-refractivity contribution in [2.24, 2.45) is 0 Å². The van der Waals surface area contributed by atoms with Crippen LogP contribution in [0.5, 0.6) is 0 Å². The number of carbonyl (C=O) groups excluding carboxylic acids is 1. The maximum atomic E-state index is 12.2. The van der Waals surface area contributed by atoms with Crippen molar-refractivity contribution in [2.45, 2.75) is 13.8 Å². The molecule has 100 valence electrons. The first-order valence-electron chi connectivity index (χ1n) is 6.19. The van der Waals surface area contributed by atoms with Gasteiger partial charge in [-0.25, -0.2) is 0 Å². The van der Waals surface area contributed by atoms with Gasteiger partial charge in [0.15, 0.2) is 0 Å². The molecule has 2 rings (SSSR count). The summed E-state index contributed by atoms with van der Waals surface area (Å²) in [7, 11) is 0. The van der Waals surface area contributed by atoms with Crippen molar-refractivity contribution in [1.29, 1.82) is 5.26 Å². The van der Waals surface area contributed by atoms with E-state index in [4.69, 9.17) is 11.0 Å². The molecule has 0 aromatic heterocycles. The van der Waals surface area contributed by atoms with Gasteiger partial charge < -0.3 is 11.1 Å². The first-order chi connectivity index (χ1) is 9.49. The van der Waals surface area contributed by atoms with E-state index in [-0.39, 0.29) is 5.91 Å². The number of nitrogens with zero attached hydrogens (tertiary/aromatic N) is 1. The largest absolute Gasteiger partial charge is 0.399 e. The van der Waals surface area contributed by atoms with Crippen LogP contribution in [-0.4, -0.2) is 5.91 Å². The second kappa shape index (κ2) is 5.45. The number of nitrogens with one attached hydrogen (secondary N) is 1. The third kappa shape index (κ3) is 2.96. The molecule has 0 heterocycles. The average molecular weight is 265 g/mol. The maximum Gasteiger partial charge on any atom is 0.255 e. The minimum absolute atomic E-state index is 0.238. The van der Waals surface area contributed by atoms with Crippen molar-refractivity contribution in [3.63, 3.8) is 0 Å². The molecule has 4 nitrogen and oxygen atoms in total. The zero-order valence-corrected chi connectivity index (χ0v) is 11.4. The van der Waals surface area contributed by atoms with Gasteiger partial charge in [0, 0.05) is 11.3 Å². The Labute approximate surface area is 117 Å². The number of amides is 1. The van der Waals surface area contributed by atoms with Crippen LogP contribution < -0.4 is 11.1 Å². The molecular weight excluding hydrogens is 250 g/mol. The van der Waals surface area contributed by atoms with Gasteiger partial charge in [-0.05, 0) is 44.2 Å². The van der Waals surface area contributed by atoms with Gasteiger partial charge >= 0.3 is 0 Å². The molecule has 0 radical (unpaired) electrons. The molecule has 0 fully saturated rings. The van der Waals surface area contributed by atoms with Gasteiger partial charge in [0.2, 0.25) is 0 Å². The van der Waals surface area contributed by atoms with Crippen LogP contribution in [0.15, 0.2) is 36.4 Å². The monoisotopic (exact) mass is 265 g/mol. The topological polar surface area (TPSA) is 78.9 Å². The number of nitriles is 1. The van der Waals surface area contributed by atoms with Gasteiger partial charge in [-0.2, -0.15) is 5.26 Å². The van der Waals surface area contributed by atoms with Gasteiger partial charge in [0.25, 0.3) is 5.91 Å². The maximum absolute atomic E-state index is 12.2. The summed E-state index contributed by atoms with van der Waals surface area (Å²) in [6.07, 6.45) is 0. The summed E-state index contributed by atoms with van der Waals surface area (Å²) >= 11 is 0. The molecule has 0 atom stereocenters. The van der Waals surface area contributed by atoms with Crippen LogP contribution in [0.2, 0.25) is 0 Å². The number of hydrogen-bond donors (Lipinski definition) is 2. The Morgan fingerprint density at radius 1 is 1.15 bits per heavy atom. The first kappa shape index (κ1) is 13.6. The molecule has 0 aliphatic carbocycles. The number of nitrogens with two attached hydrogens (primary N) is 1. The number of hydrogen-bond acceptors (Lipinski definition) is 3. The summed E-state index contributed by atoms with van der Waals surface area (Å²) in [5.41, 5.74) is 9.54. The zero-order chi connectivity index (χ0) is 14.7. The lowest BCUT2D eigenvalue weighted by molar-refractivity contribution is 0.102. The Morgan fingerprint density at radius 3 is 2.40 bits per heavy atom. The Balaban J connectivity index is 2.30. The number of rotatable bonds is 2. The standard InChI is InChI=1S/C16H15N3O/c1-10-5-11(2)7-12(6-10)16(20)19-15-4-3-14(18)8-13(15)9-17/h3-8H,18H2,1-2H3,(H,19,20). The third-order valence-corrected chi connectivity index (χ3v) is 2.90. The summed E-state index contributed by atoms with van der Waals surface area (Å²) in [6, 6.07) is 12.5. The summed E-state index contributed by atoms with van der Waals surface area (Å²) in [6.45, 7) is 3.88. The van der Waals surface area contributed by atoms with E-state index in [9.17, 15) is 4.79 Å². The summed E-state index contributed by atoms with van der Waals surface area (Å²) in [5.74, 6) is -0.238. The predicted octanol–water partition coefficient (Wildman–Crippen LogP) is 3.01. The lowest BCUT2D eigenvalue weighted by Gasteiger charge is -2.09. The van der Waals surface area contributed by atoms with E-state index in [0.29, 0.717) is 22.5 Å². The first-order valence-corrected chi connectivity index (χ1v) is 6.19. The van der Waals surface area contributed by atoms with Crippen molar-refractivity contribution >= 4 is 17.3 Å². The van der Waals surface area contributed by atoms with Crippen LogP contribution in [-0.2, 0) is 0 Å². The van der Waals surface area contributed by atoms with E-state index >= 15 is 0 Å². The molecule has 0 saturated carbocycles. The van der Waals surface area contributed by atoms with Crippen molar-refractivity contribution in [2.75, 3.05) is 11.1 Å². The highest BCUT2D eigenvalue weighted by Crippen LogP contribution is 2.19. The molecular formula is C16H15N3O. The van der Waals surface area contributed by atoms with Crippen LogP contribution in [0.3, 0.4) is 0 Å². The molecule has 0 bridgehead atoms. The number of aryl methyl sites for hydroxylation is 2. The Morgan fingerprint density at radius 2 is 1.80 bits per heavy atom. The second-order valence-electron chi connectivity index (χ2n) is 4.75. The highest BCUT2D eigenvalue weighted by Gasteiger charge is 2.10. The van der Waals surface area contributed by atoms with E-state index < -0.39 is 0 Å². The smallest absolute Gasteiger partial charge is 0.255 e. The highest BCUT2D eigenvalue weighted by molar-refractivity contribution is 6.05. The van der Waals surface area contributed by atoms with Gasteiger partial charge in [-0.1, -0.05) is 17.2 Å². The Bertz CT molecular complexity index is 694. The van der Waals surface area contributed by atoms with E-state index in [1.807, 2.05) is 38.1 Å². The predicted molar refractivity (Wildman–Crippen MR) is 79.4 cm³/mol. The van der Waals surface area contributed by atoms with Crippen LogP contribution >= 0.6 is 0 Å². The van der Waals surface area contributed by atoms with E-state index in [0.717, 1.165) is 11.1 Å². The molecule has 0 saturated heterocycles. The van der Waals surface area contributed by atoms with E-state index in [2.05, 4.69) is 5.32 Å². The fraction of sp³-hybridized carbons (Fsp3) is 0.125. The summed E-state index contributed by atoms with van der Waals surface area (Å²) in [5, 5.41) is 11.8. The molecule has 0 aliphatic heterocycles. The number of benzene rings is 2. The Kier molecular flexibility index (Phi) is 3.72. The van der Waals surface area contributed by atoms with Crippen LogP contribution in [0.25, 0.3) is 0 Å². The SMILES string of the molecule is Cc1cc(C)cc(C(=O)Nc2ccc(N)cc2C#N)c1. The van der Waals surface area contributed by atoms with Gasteiger partial charge in [0.1, 0.15) is 6.07 Å². The number of carbonyl (C=O) groups is 1. The lowest BCUT2D eigenvalue weighted by atomic mass is 10.1. The van der Waals surface area contributed by atoms with Crippen molar-refractivity contribution in [3.05, 3.63) is 58.7 Å². The second-order valence-corrected chi connectivity index (χ2v) is 4.75. The lowest BCUT2D eigenvalue weighted by Crippen LogP contribution is -2.13. The molecule has 2 aromatic carbocycles. The molecule has 3 N–H and O–H groups in total. The normalized spacial score (nSPS) is 9.85. The number of anilines is 2. The average Bonchev–Trinajstić information content (AvgIpc) is 2.39. The molecule has 4 heteroatoms. The van der Waals surface area contributed by atoms with Gasteiger partial charge in [-0.3, -0.25) is 4.79 Å². The molecule has 1 amide bonds. The van der Waals surface area contributed by atoms with Crippen molar-refractivity contribution in [3.8, 4) is 6.07 Å². The highest BCUT2D eigenvalue weighted by atomic mass is 16.1.